The lowest BCUT2D eigenvalue weighted by molar-refractivity contribution is 0.532. The summed E-state index contributed by atoms with van der Waals surface area (Å²) in [6, 6.07) is 0.394. The van der Waals surface area contributed by atoms with E-state index in [0.717, 1.165) is 12.2 Å². The fourth-order valence-electron chi connectivity index (χ4n) is 1.63. The quantitative estimate of drug-likeness (QED) is 0.928. The van der Waals surface area contributed by atoms with Gasteiger partial charge in [0.2, 0.25) is 0 Å². The lowest BCUT2D eigenvalue weighted by Gasteiger charge is -2.04. The first-order chi connectivity index (χ1) is 8.08. The Hall–Kier alpha value is -1.49. The molecular weight excluding hydrogens is 250 g/mol. The minimum absolute atomic E-state index is 0. The Morgan fingerprint density at radius 1 is 1.28 bits per heavy atom. The maximum atomic E-state index is 4.29. The summed E-state index contributed by atoms with van der Waals surface area (Å²) >= 11 is 0. The number of anilines is 1. The molecule has 2 rings (SSSR count). The Kier molecular flexibility index (Phi) is 4.78. The molecule has 0 aromatic carbocycles. The number of rotatable bonds is 4. The predicted octanol–water partition coefficient (Wildman–Crippen LogP) is 2.54. The molecule has 0 fully saturated rings. The van der Waals surface area contributed by atoms with Crippen LogP contribution >= 0.6 is 12.4 Å². The Morgan fingerprint density at radius 3 is 2.50 bits per heavy atom. The van der Waals surface area contributed by atoms with Crippen molar-refractivity contribution in [3.63, 3.8) is 0 Å². The molecule has 0 radical (unpaired) electrons. The van der Waals surface area contributed by atoms with E-state index in [9.17, 15) is 0 Å². The molecule has 0 amide bonds. The third kappa shape index (κ3) is 3.04. The fraction of sp³-hybridized carbons (Fsp3) is 0.500. The number of aromatic nitrogens is 4. The SMILES string of the molecule is Cc1c(CNc2cnn(C(C)C)c2)cnn1C.Cl. The first kappa shape index (κ1) is 14.6. The molecule has 5 nitrogen and oxygen atoms in total. The molecule has 0 unspecified atom stereocenters. The van der Waals surface area contributed by atoms with E-state index in [1.165, 1.54) is 11.3 Å². The zero-order valence-corrected chi connectivity index (χ0v) is 12.0. The largest absolute Gasteiger partial charge is 0.378 e. The first-order valence-corrected chi connectivity index (χ1v) is 5.83. The van der Waals surface area contributed by atoms with Gasteiger partial charge in [0.15, 0.2) is 0 Å². The van der Waals surface area contributed by atoms with E-state index in [1.807, 2.05) is 35.0 Å². The smallest absolute Gasteiger partial charge is 0.0729 e. The molecule has 0 aliphatic carbocycles. The normalized spacial score (nSPS) is 10.5. The van der Waals surface area contributed by atoms with Crippen molar-refractivity contribution in [2.75, 3.05) is 5.32 Å². The van der Waals surface area contributed by atoms with Crippen LogP contribution in [0.3, 0.4) is 0 Å². The number of nitrogens with one attached hydrogen (secondary N) is 1. The van der Waals surface area contributed by atoms with Crippen molar-refractivity contribution in [1.82, 2.24) is 19.6 Å². The average Bonchev–Trinajstić information content (AvgIpc) is 2.86. The lowest BCUT2D eigenvalue weighted by atomic mass is 10.2. The topological polar surface area (TPSA) is 47.7 Å². The molecule has 2 heterocycles. The molecule has 0 aliphatic heterocycles. The second-order valence-electron chi connectivity index (χ2n) is 4.54. The van der Waals surface area contributed by atoms with E-state index < -0.39 is 0 Å². The van der Waals surface area contributed by atoms with Crippen molar-refractivity contribution in [1.29, 1.82) is 0 Å². The molecule has 0 aliphatic rings. The molecule has 0 atom stereocenters. The van der Waals surface area contributed by atoms with Gasteiger partial charge in [-0.1, -0.05) is 0 Å². The van der Waals surface area contributed by atoms with Crippen LogP contribution in [-0.2, 0) is 13.6 Å². The van der Waals surface area contributed by atoms with Gasteiger partial charge in [-0.2, -0.15) is 10.2 Å². The van der Waals surface area contributed by atoms with Gasteiger partial charge in [-0.05, 0) is 20.8 Å². The molecule has 100 valence electrons. The van der Waals surface area contributed by atoms with Crippen LogP contribution in [0.15, 0.2) is 18.6 Å². The average molecular weight is 270 g/mol. The zero-order chi connectivity index (χ0) is 12.4. The van der Waals surface area contributed by atoms with Crippen LogP contribution in [0.4, 0.5) is 5.69 Å². The maximum absolute atomic E-state index is 4.29. The number of hydrogen-bond acceptors (Lipinski definition) is 3. The summed E-state index contributed by atoms with van der Waals surface area (Å²) in [6.07, 6.45) is 5.78. The highest BCUT2D eigenvalue weighted by molar-refractivity contribution is 5.85. The lowest BCUT2D eigenvalue weighted by Crippen LogP contribution is -2.02. The molecule has 0 saturated heterocycles. The fourth-order valence-corrected chi connectivity index (χ4v) is 1.63. The van der Waals surface area contributed by atoms with Gasteiger partial charge in [-0.15, -0.1) is 12.4 Å². The van der Waals surface area contributed by atoms with E-state index >= 15 is 0 Å². The second-order valence-corrected chi connectivity index (χ2v) is 4.54. The molecule has 1 N–H and O–H groups in total. The first-order valence-electron chi connectivity index (χ1n) is 5.83. The van der Waals surface area contributed by atoms with Gasteiger partial charge in [0.1, 0.15) is 0 Å². The molecule has 0 bridgehead atoms. The van der Waals surface area contributed by atoms with Gasteiger partial charge < -0.3 is 5.32 Å². The number of nitrogens with zero attached hydrogens (tertiary/aromatic N) is 4. The summed E-state index contributed by atoms with van der Waals surface area (Å²) in [5, 5.41) is 11.9. The van der Waals surface area contributed by atoms with Gasteiger partial charge in [-0.25, -0.2) is 0 Å². The highest BCUT2D eigenvalue weighted by atomic mass is 35.5. The molecule has 6 heteroatoms. The molecule has 18 heavy (non-hydrogen) atoms. The molecule has 2 aromatic heterocycles. The van der Waals surface area contributed by atoms with E-state index in [0.29, 0.717) is 6.04 Å². The molecule has 2 aromatic rings. The van der Waals surface area contributed by atoms with E-state index in [-0.39, 0.29) is 12.4 Å². The van der Waals surface area contributed by atoms with Gasteiger partial charge in [0.05, 0.1) is 18.1 Å². The predicted molar refractivity (Wildman–Crippen MR) is 75.1 cm³/mol. The van der Waals surface area contributed by atoms with Crippen LogP contribution in [-0.4, -0.2) is 19.6 Å². The van der Waals surface area contributed by atoms with Crippen molar-refractivity contribution in [2.45, 2.75) is 33.4 Å². The minimum Gasteiger partial charge on any atom is -0.378 e. The van der Waals surface area contributed by atoms with E-state index in [2.05, 4.69) is 36.3 Å². The summed E-state index contributed by atoms with van der Waals surface area (Å²) in [6.45, 7) is 7.08. The molecule has 0 saturated carbocycles. The van der Waals surface area contributed by atoms with E-state index in [4.69, 9.17) is 0 Å². The Bertz CT molecular complexity index is 500. The van der Waals surface area contributed by atoms with Crippen molar-refractivity contribution in [3.8, 4) is 0 Å². The summed E-state index contributed by atoms with van der Waals surface area (Å²) in [5.74, 6) is 0. The maximum Gasteiger partial charge on any atom is 0.0729 e. The molecular formula is C12H20ClN5. The zero-order valence-electron chi connectivity index (χ0n) is 11.2. The minimum atomic E-state index is 0. The van der Waals surface area contributed by atoms with E-state index in [1.54, 1.807) is 0 Å². The Balaban J connectivity index is 0.00000162. The van der Waals surface area contributed by atoms with Crippen molar-refractivity contribution >= 4 is 18.1 Å². The third-order valence-electron chi connectivity index (χ3n) is 2.95. The number of hydrogen-bond donors (Lipinski definition) is 1. The van der Waals surface area contributed by atoms with Crippen LogP contribution in [0.5, 0.6) is 0 Å². The second kappa shape index (κ2) is 5.91. The van der Waals surface area contributed by atoms with Gasteiger partial charge in [-0.3, -0.25) is 9.36 Å². The standard InChI is InChI=1S/C12H19N5.ClH/c1-9(2)17-8-12(7-15-17)13-5-11-6-14-16(4)10(11)3;/h6-9,13H,5H2,1-4H3;1H. The van der Waals surface area contributed by atoms with Crippen molar-refractivity contribution < 1.29 is 0 Å². The van der Waals surface area contributed by atoms with Crippen LogP contribution in [0.1, 0.15) is 31.1 Å². The summed E-state index contributed by atoms with van der Waals surface area (Å²) in [4.78, 5) is 0. The van der Waals surface area contributed by atoms with Crippen LogP contribution in [0.2, 0.25) is 0 Å². The van der Waals surface area contributed by atoms with Gasteiger partial charge in [0, 0.05) is 37.1 Å². The van der Waals surface area contributed by atoms with Crippen LogP contribution in [0, 0.1) is 6.92 Å². The summed E-state index contributed by atoms with van der Waals surface area (Å²) in [5.41, 5.74) is 3.44. The highest BCUT2D eigenvalue weighted by Gasteiger charge is 2.05. The third-order valence-corrected chi connectivity index (χ3v) is 2.95. The Labute approximate surface area is 114 Å². The van der Waals surface area contributed by atoms with Crippen molar-refractivity contribution in [3.05, 3.63) is 29.8 Å². The number of halogens is 1. The molecule has 0 spiro atoms. The summed E-state index contributed by atoms with van der Waals surface area (Å²) in [7, 11) is 1.95. The van der Waals surface area contributed by atoms with Gasteiger partial charge in [0.25, 0.3) is 0 Å². The Morgan fingerprint density at radius 2 is 2.00 bits per heavy atom. The van der Waals surface area contributed by atoms with Gasteiger partial charge >= 0.3 is 0 Å². The number of aryl methyl sites for hydroxylation is 1. The van der Waals surface area contributed by atoms with Crippen LogP contribution < -0.4 is 5.32 Å². The summed E-state index contributed by atoms with van der Waals surface area (Å²) < 4.78 is 3.83. The monoisotopic (exact) mass is 269 g/mol. The van der Waals surface area contributed by atoms with Crippen molar-refractivity contribution in [2.24, 2.45) is 7.05 Å². The highest BCUT2D eigenvalue weighted by Crippen LogP contribution is 2.12. The van der Waals surface area contributed by atoms with Crippen LogP contribution in [0.25, 0.3) is 0 Å².